The second-order valence-corrected chi connectivity index (χ2v) is 4.64. The molecule has 0 aliphatic heterocycles. The molecular formula is C12H11IN4O. The van der Waals surface area contributed by atoms with Crippen molar-refractivity contribution in [2.24, 2.45) is 5.84 Å². The third-order valence-electron chi connectivity index (χ3n) is 2.31. The fraction of sp³-hybridized carbons (Fsp3) is 0. The molecule has 1 aromatic carbocycles. The van der Waals surface area contributed by atoms with Gasteiger partial charge >= 0.3 is 0 Å². The van der Waals surface area contributed by atoms with Crippen LogP contribution in [0.4, 0.5) is 11.5 Å². The first-order chi connectivity index (χ1) is 8.72. The van der Waals surface area contributed by atoms with Crippen LogP contribution in [0, 0.1) is 3.57 Å². The molecule has 0 radical (unpaired) electrons. The Hall–Kier alpha value is -1.67. The monoisotopic (exact) mass is 354 g/mol. The SMILES string of the molecule is NNc1ncccc1C(=O)Nc1ccccc1I. The molecular weight excluding hydrogens is 343 g/mol. The molecule has 0 aliphatic carbocycles. The summed E-state index contributed by atoms with van der Waals surface area (Å²) in [5.41, 5.74) is 3.56. The van der Waals surface area contributed by atoms with Gasteiger partial charge in [-0.2, -0.15) is 0 Å². The Morgan fingerprint density at radius 3 is 2.72 bits per heavy atom. The molecule has 5 nitrogen and oxygen atoms in total. The molecule has 1 heterocycles. The van der Waals surface area contributed by atoms with Crippen molar-refractivity contribution >= 4 is 40.0 Å². The van der Waals surface area contributed by atoms with Crippen LogP contribution in [0.1, 0.15) is 10.4 Å². The van der Waals surface area contributed by atoms with Crippen LogP contribution in [-0.2, 0) is 0 Å². The zero-order chi connectivity index (χ0) is 13.0. The summed E-state index contributed by atoms with van der Waals surface area (Å²) in [5, 5.41) is 2.82. The third kappa shape index (κ3) is 2.77. The highest BCUT2D eigenvalue weighted by atomic mass is 127. The first-order valence-corrected chi connectivity index (χ1v) is 6.28. The fourth-order valence-corrected chi connectivity index (χ4v) is 1.98. The van der Waals surface area contributed by atoms with E-state index in [1.165, 1.54) is 0 Å². The summed E-state index contributed by atoms with van der Waals surface area (Å²) in [6.45, 7) is 0. The molecule has 0 bridgehead atoms. The van der Waals surface area contributed by atoms with Gasteiger partial charge in [0.1, 0.15) is 0 Å². The number of carbonyl (C=O) groups excluding carboxylic acids is 1. The number of aromatic nitrogens is 1. The molecule has 0 saturated heterocycles. The van der Waals surface area contributed by atoms with Gasteiger partial charge in [-0.15, -0.1) is 0 Å². The predicted molar refractivity (Wildman–Crippen MR) is 79.2 cm³/mol. The van der Waals surface area contributed by atoms with Gasteiger partial charge in [0.25, 0.3) is 5.91 Å². The first-order valence-electron chi connectivity index (χ1n) is 5.20. The zero-order valence-electron chi connectivity index (χ0n) is 9.35. The molecule has 1 aromatic heterocycles. The Kier molecular flexibility index (Phi) is 4.11. The van der Waals surface area contributed by atoms with Crippen molar-refractivity contribution in [3.63, 3.8) is 0 Å². The van der Waals surface area contributed by atoms with Crippen LogP contribution in [0.3, 0.4) is 0 Å². The summed E-state index contributed by atoms with van der Waals surface area (Å²) < 4.78 is 0.967. The molecule has 0 unspecified atom stereocenters. The van der Waals surface area contributed by atoms with Crippen LogP contribution in [0.15, 0.2) is 42.6 Å². The van der Waals surface area contributed by atoms with Gasteiger partial charge in [0.15, 0.2) is 5.82 Å². The number of nitrogens with two attached hydrogens (primary N) is 1. The van der Waals surface area contributed by atoms with E-state index >= 15 is 0 Å². The summed E-state index contributed by atoms with van der Waals surface area (Å²) in [5.74, 6) is 5.42. The maximum atomic E-state index is 12.1. The molecule has 2 aromatic rings. The molecule has 0 aliphatic rings. The quantitative estimate of drug-likeness (QED) is 0.449. The number of pyridine rings is 1. The average Bonchev–Trinajstić information content (AvgIpc) is 2.41. The van der Waals surface area contributed by atoms with Gasteiger partial charge in [-0.25, -0.2) is 10.8 Å². The topological polar surface area (TPSA) is 80.0 Å². The predicted octanol–water partition coefficient (Wildman–Crippen LogP) is 2.22. The number of halogens is 1. The van der Waals surface area contributed by atoms with Crippen molar-refractivity contribution in [1.82, 2.24) is 4.98 Å². The highest BCUT2D eigenvalue weighted by molar-refractivity contribution is 14.1. The number of amides is 1. The van der Waals surface area contributed by atoms with Crippen molar-refractivity contribution in [3.8, 4) is 0 Å². The van der Waals surface area contributed by atoms with Crippen LogP contribution >= 0.6 is 22.6 Å². The third-order valence-corrected chi connectivity index (χ3v) is 3.25. The number of benzene rings is 1. The summed E-state index contributed by atoms with van der Waals surface area (Å²) in [4.78, 5) is 16.1. The van der Waals surface area contributed by atoms with Crippen LogP contribution in [-0.4, -0.2) is 10.9 Å². The lowest BCUT2D eigenvalue weighted by Gasteiger charge is -2.09. The highest BCUT2D eigenvalue weighted by Gasteiger charge is 2.12. The number of nitrogens with zero attached hydrogens (tertiary/aromatic N) is 1. The lowest BCUT2D eigenvalue weighted by atomic mass is 10.2. The van der Waals surface area contributed by atoms with E-state index in [0.717, 1.165) is 9.26 Å². The molecule has 2 rings (SSSR count). The minimum atomic E-state index is -0.250. The van der Waals surface area contributed by atoms with Gasteiger partial charge in [0, 0.05) is 9.77 Å². The molecule has 92 valence electrons. The molecule has 0 saturated carbocycles. The van der Waals surface area contributed by atoms with Crippen molar-refractivity contribution in [2.45, 2.75) is 0 Å². The normalized spacial score (nSPS) is 9.89. The van der Waals surface area contributed by atoms with Crippen molar-refractivity contribution < 1.29 is 4.79 Å². The van der Waals surface area contributed by atoms with E-state index in [4.69, 9.17) is 5.84 Å². The number of hydrogen-bond acceptors (Lipinski definition) is 4. The van der Waals surface area contributed by atoms with E-state index < -0.39 is 0 Å². The van der Waals surface area contributed by atoms with Crippen molar-refractivity contribution in [2.75, 3.05) is 10.7 Å². The van der Waals surface area contributed by atoms with Gasteiger partial charge in [0.2, 0.25) is 0 Å². The van der Waals surface area contributed by atoms with E-state index in [1.807, 2.05) is 24.3 Å². The van der Waals surface area contributed by atoms with Crippen molar-refractivity contribution in [1.29, 1.82) is 0 Å². The molecule has 0 fully saturated rings. The zero-order valence-corrected chi connectivity index (χ0v) is 11.5. The number of nitrogen functional groups attached to an aromatic ring is 1. The number of rotatable bonds is 3. The van der Waals surface area contributed by atoms with Crippen LogP contribution < -0.4 is 16.6 Å². The number of nitrogens with one attached hydrogen (secondary N) is 2. The van der Waals surface area contributed by atoms with E-state index in [2.05, 4.69) is 38.3 Å². The largest absolute Gasteiger partial charge is 0.321 e. The average molecular weight is 354 g/mol. The van der Waals surface area contributed by atoms with Crippen LogP contribution in [0.5, 0.6) is 0 Å². The van der Waals surface area contributed by atoms with Crippen LogP contribution in [0.25, 0.3) is 0 Å². The second kappa shape index (κ2) is 5.78. The lowest BCUT2D eigenvalue weighted by Crippen LogP contribution is -2.18. The van der Waals surface area contributed by atoms with Gasteiger partial charge in [-0.05, 0) is 46.9 Å². The molecule has 0 spiro atoms. The second-order valence-electron chi connectivity index (χ2n) is 3.48. The molecule has 4 N–H and O–H groups in total. The maximum Gasteiger partial charge on any atom is 0.259 e. The summed E-state index contributed by atoms with van der Waals surface area (Å²) in [6, 6.07) is 10.9. The van der Waals surface area contributed by atoms with Gasteiger partial charge in [-0.3, -0.25) is 4.79 Å². The standard InChI is InChI=1S/C12H11IN4O/c13-9-5-1-2-6-10(9)16-12(18)8-4-3-7-15-11(8)17-14/h1-7H,14H2,(H,15,17)(H,16,18). The first kappa shape index (κ1) is 12.8. The van der Waals surface area contributed by atoms with E-state index in [9.17, 15) is 4.79 Å². The number of anilines is 2. The number of para-hydroxylation sites is 1. The summed E-state index contributed by atoms with van der Waals surface area (Å²) >= 11 is 2.16. The maximum absolute atomic E-state index is 12.1. The molecule has 6 heteroatoms. The summed E-state index contributed by atoms with van der Waals surface area (Å²) in [6.07, 6.45) is 1.57. The van der Waals surface area contributed by atoms with Gasteiger partial charge in [0.05, 0.1) is 11.3 Å². The summed E-state index contributed by atoms with van der Waals surface area (Å²) in [7, 11) is 0. The highest BCUT2D eigenvalue weighted by Crippen LogP contribution is 2.19. The number of hydrogen-bond donors (Lipinski definition) is 3. The Morgan fingerprint density at radius 1 is 1.22 bits per heavy atom. The van der Waals surface area contributed by atoms with Gasteiger partial charge < -0.3 is 10.7 Å². The fourth-order valence-electron chi connectivity index (χ4n) is 1.46. The smallest absolute Gasteiger partial charge is 0.259 e. The van der Waals surface area contributed by atoms with E-state index in [-0.39, 0.29) is 5.91 Å². The minimum Gasteiger partial charge on any atom is -0.321 e. The molecule has 18 heavy (non-hydrogen) atoms. The van der Waals surface area contributed by atoms with Crippen LogP contribution in [0.2, 0.25) is 0 Å². The lowest BCUT2D eigenvalue weighted by molar-refractivity contribution is 0.102. The Bertz CT molecular complexity index is 574. The van der Waals surface area contributed by atoms with E-state index in [0.29, 0.717) is 11.4 Å². The number of hydrazine groups is 1. The molecule has 0 atom stereocenters. The number of carbonyl (C=O) groups is 1. The van der Waals surface area contributed by atoms with E-state index in [1.54, 1.807) is 18.3 Å². The Labute approximate surface area is 118 Å². The van der Waals surface area contributed by atoms with Gasteiger partial charge in [-0.1, -0.05) is 12.1 Å². The molecule has 1 amide bonds. The Morgan fingerprint density at radius 2 is 2.00 bits per heavy atom. The van der Waals surface area contributed by atoms with Crippen molar-refractivity contribution in [3.05, 3.63) is 51.7 Å². The Balaban J connectivity index is 2.25. The minimum absolute atomic E-state index is 0.250.